The molecule has 0 bridgehead atoms. The van der Waals surface area contributed by atoms with Crippen molar-refractivity contribution in [1.29, 1.82) is 0 Å². The van der Waals surface area contributed by atoms with E-state index in [0.29, 0.717) is 16.7 Å². The first-order valence-electron chi connectivity index (χ1n) is 6.95. The summed E-state index contributed by atoms with van der Waals surface area (Å²) in [6.07, 6.45) is 4.14. The Bertz CT molecular complexity index is 631. The Morgan fingerprint density at radius 2 is 2.19 bits per heavy atom. The van der Waals surface area contributed by atoms with E-state index in [1.165, 1.54) is 12.3 Å². The van der Waals surface area contributed by atoms with Crippen LogP contribution in [0.2, 0.25) is 0 Å². The van der Waals surface area contributed by atoms with Crippen LogP contribution in [-0.2, 0) is 0 Å². The molecular weight excluding hydrogens is 273 g/mol. The van der Waals surface area contributed by atoms with Crippen LogP contribution < -0.4 is 11.1 Å². The van der Waals surface area contributed by atoms with Gasteiger partial charge in [0.1, 0.15) is 5.82 Å². The molecule has 0 aliphatic heterocycles. The number of unbranched alkanes of at least 4 members (excludes halogenated alkanes) is 1. The summed E-state index contributed by atoms with van der Waals surface area (Å²) >= 11 is 0. The van der Waals surface area contributed by atoms with Gasteiger partial charge in [0.2, 0.25) is 11.9 Å². The van der Waals surface area contributed by atoms with Crippen molar-refractivity contribution in [2.75, 3.05) is 17.7 Å². The molecular formula is C14H20FN5O. The van der Waals surface area contributed by atoms with Crippen LogP contribution in [0.15, 0.2) is 12.3 Å². The van der Waals surface area contributed by atoms with Crippen molar-refractivity contribution in [3.05, 3.63) is 18.2 Å². The molecule has 4 N–H and O–H groups in total. The van der Waals surface area contributed by atoms with Gasteiger partial charge in [-0.25, -0.2) is 9.97 Å². The largest absolute Gasteiger partial charge is 0.394 e. The summed E-state index contributed by atoms with van der Waals surface area (Å²) in [5, 5.41) is 13.4. The van der Waals surface area contributed by atoms with Gasteiger partial charge >= 0.3 is 0 Å². The van der Waals surface area contributed by atoms with E-state index in [1.807, 2.05) is 6.92 Å². The van der Waals surface area contributed by atoms with Gasteiger partial charge in [-0.1, -0.05) is 19.8 Å². The first kappa shape index (κ1) is 15.4. The Balaban J connectivity index is 2.41. The molecule has 0 aliphatic carbocycles. The molecule has 6 nitrogen and oxygen atoms in total. The van der Waals surface area contributed by atoms with Crippen molar-refractivity contribution in [3.63, 3.8) is 0 Å². The molecule has 0 saturated heterocycles. The summed E-state index contributed by atoms with van der Waals surface area (Å²) in [7, 11) is 0. The zero-order valence-corrected chi connectivity index (χ0v) is 12.2. The quantitative estimate of drug-likeness (QED) is 0.706. The maximum atomic E-state index is 13.2. The highest BCUT2D eigenvalue weighted by molar-refractivity contribution is 5.89. The average molecular weight is 293 g/mol. The van der Waals surface area contributed by atoms with E-state index in [-0.39, 0.29) is 12.6 Å². The molecule has 0 spiro atoms. The van der Waals surface area contributed by atoms with Crippen molar-refractivity contribution in [2.45, 2.75) is 38.6 Å². The molecule has 0 saturated carbocycles. The standard InChI is InChI=1S/C14H20FN5O/c1-3-4-5-14(2,8-21)20-12-9-7-17-11(15)6-10(9)18-13(16)19-12/h6-7,21H,3-5,8H2,1-2H3,(H3,16,18,19,20). The van der Waals surface area contributed by atoms with Gasteiger partial charge in [-0.2, -0.15) is 9.37 Å². The number of aromatic nitrogens is 3. The molecule has 0 aromatic carbocycles. The molecule has 2 heterocycles. The fourth-order valence-corrected chi connectivity index (χ4v) is 2.15. The van der Waals surface area contributed by atoms with Crippen molar-refractivity contribution in [2.24, 2.45) is 0 Å². The molecule has 2 rings (SSSR count). The van der Waals surface area contributed by atoms with Gasteiger partial charge in [-0.05, 0) is 13.3 Å². The fourth-order valence-electron chi connectivity index (χ4n) is 2.15. The van der Waals surface area contributed by atoms with Crippen LogP contribution in [0.5, 0.6) is 0 Å². The van der Waals surface area contributed by atoms with Crippen LogP contribution in [0.25, 0.3) is 10.9 Å². The van der Waals surface area contributed by atoms with Gasteiger partial charge < -0.3 is 16.2 Å². The predicted molar refractivity (Wildman–Crippen MR) is 80.3 cm³/mol. The summed E-state index contributed by atoms with van der Waals surface area (Å²) < 4.78 is 13.2. The van der Waals surface area contributed by atoms with Crippen LogP contribution in [0.4, 0.5) is 16.2 Å². The van der Waals surface area contributed by atoms with Gasteiger partial charge in [-0.3, -0.25) is 0 Å². The number of anilines is 2. The lowest BCUT2D eigenvalue weighted by atomic mass is 9.96. The number of halogens is 1. The second-order valence-corrected chi connectivity index (χ2v) is 5.40. The molecule has 7 heteroatoms. The number of nitrogen functional groups attached to an aromatic ring is 1. The highest BCUT2D eigenvalue weighted by Gasteiger charge is 2.24. The van der Waals surface area contributed by atoms with Crippen LogP contribution in [-0.4, -0.2) is 32.2 Å². The van der Waals surface area contributed by atoms with E-state index in [9.17, 15) is 9.50 Å². The summed E-state index contributed by atoms with van der Waals surface area (Å²) in [6.45, 7) is 3.94. The van der Waals surface area contributed by atoms with E-state index in [0.717, 1.165) is 19.3 Å². The fraction of sp³-hybridized carbons (Fsp3) is 0.500. The van der Waals surface area contributed by atoms with Gasteiger partial charge in [0.05, 0.1) is 23.0 Å². The maximum Gasteiger partial charge on any atom is 0.222 e. The summed E-state index contributed by atoms with van der Waals surface area (Å²) in [5.74, 6) is -0.119. The smallest absolute Gasteiger partial charge is 0.222 e. The third-order valence-corrected chi connectivity index (χ3v) is 3.42. The third kappa shape index (κ3) is 3.55. The predicted octanol–water partition coefficient (Wildman–Crippen LogP) is 2.10. The molecule has 0 radical (unpaired) electrons. The number of nitrogens with zero attached hydrogens (tertiary/aromatic N) is 3. The number of nitrogens with one attached hydrogen (secondary N) is 1. The van der Waals surface area contributed by atoms with Crippen molar-refractivity contribution >= 4 is 22.7 Å². The molecule has 0 aliphatic rings. The van der Waals surface area contributed by atoms with Crippen LogP contribution in [0.3, 0.4) is 0 Å². The highest BCUT2D eigenvalue weighted by atomic mass is 19.1. The summed E-state index contributed by atoms with van der Waals surface area (Å²) in [6, 6.07) is 1.21. The Morgan fingerprint density at radius 3 is 2.86 bits per heavy atom. The number of pyridine rings is 1. The van der Waals surface area contributed by atoms with Crippen molar-refractivity contribution in [3.8, 4) is 0 Å². The van der Waals surface area contributed by atoms with Gasteiger partial charge in [0.25, 0.3) is 0 Å². The second kappa shape index (κ2) is 6.17. The lowest BCUT2D eigenvalue weighted by molar-refractivity contribution is 0.212. The first-order chi connectivity index (χ1) is 9.97. The number of fused-ring (bicyclic) bond motifs is 1. The van der Waals surface area contributed by atoms with E-state index in [2.05, 4.69) is 27.2 Å². The van der Waals surface area contributed by atoms with Crippen LogP contribution in [0.1, 0.15) is 33.1 Å². The molecule has 2 aromatic heterocycles. The minimum Gasteiger partial charge on any atom is -0.394 e. The topological polar surface area (TPSA) is 97.0 Å². The average Bonchev–Trinajstić information content (AvgIpc) is 2.44. The number of aliphatic hydroxyl groups is 1. The second-order valence-electron chi connectivity index (χ2n) is 5.40. The van der Waals surface area contributed by atoms with Crippen molar-refractivity contribution < 1.29 is 9.50 Å². The highest BCUT2D eigenvalue weighted by Crippen LogP contribution is 2.26. The minimum atomic E-state index is -0.623. The Labute approximate surface area is 122 Å². The summed E-state index contributed by atoms with van der Waals surface area (Å²) in [4.78, 5) is 11.8. The SMILES string of the molecule is CCCCC(C)(CO)Nc1nc(N)nc2cc(F)ncc12. The first-order valence-corrected chi connectivity index (χ1v) is 6.95. The number of nitrogens with two attached hydrogens (primary N) is 1. The molecule has 114 valence electrons. The van der Waals surface area contributed by atoms with Crippen LogP contribution in [0, 0.1) is 5.95 Å². The maximum absolute atomic E-state index is 13.2. The third-order valence-electron chi connectivity index (χ3n) is 3.42. The Kier molecular flexibility index (Phi) is 4.52. The van der Waals surface area contributed by atoms with E-state index in [4.69, 9.17) is 5.73 Å². The molecule has 1 atom stereocenters. The molecule has 21 heavy (non-hydrogen) atoms. The summed E-state index contributed by atoms with van der Waals surface area (Å²) in [5.41, 5.74) is 5.52. The zero-order chi connectivity index (χ0) is 15.5. The van der Waals surface area contributed by atoms with Gasteiger partial charge in [0, 0.05) is 12.3 Å². The minimum absolute atomic E-state index is 0.0476. The molecule has 0 fully saturated rings. The monoisotopic (exact) mass is 293 g/mol. The Morgan fingerprint density at radius 1 is 1.43 bits per heavy atom. The van der Waals surface area contributed by atoms with Gasteiger partial charge in [-0.15, -0.1) is 0 Å². The van der Waals surface area contributed by atoms with E-state index in [1.54, 1.807) is 0 Å². The number of hydrogen-bond donors (Lipinski definition) is 3. The number of hydrogen-bond acceptors (Lipinski definition) is 6. The number of rotatable bonds is 6. The van der Waals surface area contributed by atoms with E-state index >= 15 is 0 Å². The molecule has 2 aromatic rings. The molecule has 0 amide bonds. The number of aliphatic hydroxyl groups excluding tert-OH is 1. The zero-order valence-electron chi connectivity index (χ0n) is 12.2. The lowest BCUT2D eigenvalue weighted by Crippen LogP contribution is -2.39. The Hall–Kier alpha value is -2.02. The van der Waals surface area contributed by atoms with Gasteiger partial charge in [0.15, 0.2) is 0 Å². The lowest BCUT2D eigenvalue weighted by Gasteiger charge is -2.29. The van der Waals surface area contributed by atoms with Crippen molar-refractivity contribution in [1.82, 2.24) is 15.0 Å². The van der Waals surface area contributed by atoms with E-state index < -0.39 is 11.5 Å². The normalized spacial score (nSPS) is 14.1. The molecule has 1 unspecified atom stereocenters. The van der Waals surface area contributed by atoms with Crippen LogP contribution >= 0.6 is 0 Å².